The van der Waals surface area contributed by atoms with Crippen LogP contribution in [0.5, 0.6) is 5.75 Å². The van der Waals surface area contributed by atoms with E-state index in [1.165, 1.54) is 11.3 Å². The van der Waals surface area contributed by atoms with E-state index in [0.717, 1.165) is 10.6 Å². The number of aryl methyl sites for hydroxylation is 1. The van der Waals surface area contributed by atoms with Gasteiger partial charge in [-0.3, -0.25) is 4.79 Å². The molecule has 0 saturated heterocycles. The standard InChI is InChI=1S/C14H17N3O2S/c1-3-19-12-6-9(2)4-5-10(12)17-14(18)11-8-20-13(7-15)16-11/h4-6,8H,3,7,15H2,1-2H3,(H,17,18). The Bertz CT molecular complexity index is 610. The van der Waals surface area contributed by atoms with Gasteiger partial charge in [0, 0.05) is 11.9 Å². The first kappa shape index (κ1) is 14.5. The summed E-state index contributed by atoms with van der Waals surface area (Å²) in [6, 6.07) is 5.64. The Morgan fingerprint density at radius 1 is 1.50 bits per heavy atom. The van der Waals surface area contributed by atoms with Crippen molar-refractivity contribution in [1.82, 2.24) is 4.98 Å². The highest BCUT2D eigenvalue weighted by Crippen LogP contribution is 2.26. The number of amides is 1. The molecule has 6 heteroatoms. The number of hydrogen-bond donors (Lipinski definition) is 2. The van der Waals surface area contributed by atoms with Crippen molar-refractivity contribution in [3.63, 3.8) is 0 Å². The van der Waals surface area contributed by atoms with Gasteiger partial charge < -0.3 is 15.8 Å². The Morgan fingerprint density at radius 3 is 2.95 bits per heavy atom. The average Bonchev–Trinajstić information content (AvgIpc) is 2.91. The van der Waals surface area contributed by atoms with Crippen LogP contribution in [0, 0.1) is 6.92 Å². The summed E-state index contributed by atoms with van der Waals surface area (Å²) in [6.07, 6.45) is 0. The maximum atomic E-state index is 12.1. The lowest BCUT2D eigenvalue weighted by atomic mass is 10.2. The molecule has 20 heavy (non-hydrogen) atoms. The third-order valence-electron chi connectivity index (χ3n) is 2.64. The highest BCUT2D eigenvalue weighted by atomic mass is 32.1. The van der Waals surface area contributed by atoms with Gasteiger partial charge in [-0.1, -0.05) is 6.07 Å². The van der Waals surface area contributed by atoms with Crippen LogP contribution in [0.4, 0.5) is 5.69 Å². The molecule has 5 nitrogen and oxygen atoms in total. The fraction of sp³-hybridized carbons (Fsp3) is 0.286. The van der Waals surface area contributed by atoms with Gasteiger partial charge in [0.05, 0.1) is 12.3 Å². The SMILES string of the molecule is CCOc1cc(C)ccc1NC(=O)c1csc(CN)n1. The number of hydrogen-bond acceptors (Lipinski definition) is 5. The van der Waals surface area contributed by atoms with E-state index >= 15 is 0 Å². The molecule has 0 aliphatic carbocycles. The van der Waals surface area contributed by atoms with Crippen LogP contribution in [-0.2, 0) is 6.54 Å². The Labute approximate surface area is 121 Å². The van der Waals surface area contributed by atoms with Gasteiger partial charge in [-0.05, 0) is 31.5 Å². The molecule has 0 spiro atoms. The van der Waals surface area contributed by atoms with Crippen LogP contribution >= 0.6 is 11.3 Å². The predicted molar refractivity (Wildman–Crippen MR) is 80.3 cm³/mol. The normalized spacial score (nSPS) is 10.3. The third kappa shape index (κ3) is 3.34. The molecule has 1 amide bonds. The van der Waals surface area contributed by atoms with Crippen molar-refractivity contribution in [3.05, 3.63) is 39.8 Å². The van der Waals surface area contributed by atoms with E-state index in [9.17, 15) is 4.79 Å². The molecule has 1 aromatic heterocycles. The zero-order valence-corrected chi connectivity index (χ0v) is 12.3. The first-order valence-corrected chi connectivity index (χ1v) is 7.21. The number of thiazole rings is 1. The van der Waals surface area contributed by atoms with Crippen LogP contribution in [0.25, 0.3) is 0 Å². The molecular formula is C14H17N3O2S. The third-order valence-corrected chi connectivity index (χ3v) is 3.52. The number of rotatable bonds is 5. The quantitative estimate of drug-likeness (QED) is 0.887. The fourth-order valence-electron chi connectivity index (χ4n) is 1.70. The maximum absolute atomic E-state index is 12.1. The lowest BCUT2D eigenvalue weighted by molar-refractivity contribution is 0.102. The molecule has 3 N–H and O–H groups in total. The number of nitrogens with two attached hydrogens (primary N) is 1. The summed E-state index contributed by atoms with van der Waals surface area (Å²) in [5.41, 5.74) is 7.58. The van der Waals surface area contributed by atoms with Crippen LogP contribution in [0.3, 0.4) is 0 Å². The summed E-state index contributed by atoms with van der Waals surface area (Å²) < 4.78 is 5.53. The summed E-state index contributed by atoms with van der Waals surface area (Å²) >= 11 is 1.38. The van der Waals surface area contributed by atoms with Gasteiger partial charge in [0.1, 0.15) is 16.5 Å². The van der Waals surface area contributed by atoms with Gasteiger partial charge in [0.25, 0.3) is 5.91 Å². The van der Waals surface area contributed by atoms with E-state index in [1.807, 2.05) is 32.0 Å². The minimum absolute atomic E-state index is 0.259. The second kappa shape index (κ2) is 6.49. The van der Waals surface area contributed by atoms with Crippen molar-refractivity contribution in [1.29, 1.82) is 0 Å². The summed E-state index contributed by atoms with van der Waals surface area (Å²) in [4.78, 5) is 16.3. The Morgan fingerprint density at radius 2 is 2.30 bits per heavy atom. The molecule has 1 aromatic carbocycles. The molecule has 106 valence electrons. The Hall–Kier alpha value is -1.92. The minimum atomic E-state index is -0.259. The monoisotopic (exact) mass is 291 g/mol. The lowest BCUT2D eigenvalue weighted by Crippen LogP contribution is -2.13. The molecule has 1 heterocycles. The van der Waals surface area contributed by atoms with Gasteiger partial charge in [-0.2, -0.15) is 0 Å². The molecule has 0 atom stereocenters. The number of carbonyl (C=O) groups excluding carboxylic acids is 1. The van der Waals surface area contributed by atoms with E-state index in [2.05, 4.69) is 10.3 Å². The Kier molecular flexibility index (Phi) is 4.70. The van der Waals surface area contributed by atoms with E-state index in [4.69, 9.17) is 10.5 Å². The maximum Gasteiger partial charge on any atom is 0.275 e. The van der Waals surface area contributed by atoms with Crippen LogP contribution in [0.1, 0.15) is 28.0 Å². The van der Waals surface area contributed by atoms with E-state index < -0.39 is 0 Å². The highest BCUT2D eigenvalue weighted by molar-refractivity contribution is 7.09. The lowest BCUT2D eigenvalue weighted by Gasteiger charge is -2.11. The van der Waals surface area contributed by atoms with Gasteiger partial charge in [0.15, 0.2) is 0 Å². The van der Waals surface area contributed by atoms with E-state index in [-0.39, 0.29) is 5.91 Å². The molecule has 2 aromatic rings. The molecule has 0 unspecified atom stereocenters. The van der Waals surface area contributed by atoms with Gasteiger partial charge >= 0.3 is 0 Å². The van der Waals surface area contributed by atoms with Crippen LogP contribution < -0.4 is 15.8 Å². The minimum Gasteiger partial charge on any atom is -0.492 e. The van der Waals surface area contributed by atoms with Crippen molar-refractivity contribution < 1.29 is 9.53 Å². The average molecular weight is 291 g/mol. The van der Waals surface area contributed by atoms with Gasteiger partial charge in [-0.25, -0.2) is 4.98 Å². The zero-order chi connectivity index (χ0) is 14.5. The number of benzene rings is 1. The second-order valence-corrected chi connectivity index (χ2v) is 5.16. The summed E-state index contributed by atoms with van der Waals surface area (Å²) in [5.74, 6) is 0.404. The van der Waals surface area contributed by atoms with Crippen molar-refractivity contribution in [2.24, 2.45) is 5.73 Å². The second-order valence-electron chi connectivity index (χ2n) is 4.22. The number of anilines is 1. The Balaban J connectivity index is 2.18. The fourth-order valence-corrected chi connectivity index (χ4v) is 2.36. The molecule has 0 aliphatic heterocycles. The zero-order valence-electron chi connectivity index (χ0n) is 11.5. The van der Waals surface area contributed by atoms with Crippen molar-refractivity contribution in [2.75, 3.05) is 11.9 Å². The van der Waals surface area contributed by atoms with Crippen molar-refractivity contribution in [3.8, 4) is 5.75 Å². The van der Waals surface area contributed by atoms with Crippen molar-refractivity contribution >= 4 is 22.9 Å². The molecule has 0 bridgehead atoms. The van der Waals surface area contributed by atoms with Crippen LogP contribution in [0.15, 0.2) is 23.6 Å². The summed E-state index contributed by atoms with van der Waals surface area (Å²) in [6.45, 7) is 4.76. The largest absolute Gasteiger partial charge is 0.492 e. The topological polar surface area (TPSA) is 77.2 Å². The predicted octanol–water partition coefficient (Wildman–Crippen LogP) is 2.56. The number of nitrogens with zero attached hydrogens (tertiary/aromatic N) is 1. The molecular weight excluding hydrogens is 274 g/mol. The van der Waals surface area contributed by atoms with Gasteiger partial charge in [-0.15, -0.1) is 11.3 Å². The number of ether oxygens (including phenoxy) is 1. The number of aromatic nitrogens is 1. The number of carbonyl (C=O) groups is 1. The van der Waals surface area contributed by atoms with E-state index in [1.54, 1.807) is 5.38 Å². The first-order valence-electron chi connectivity index (χ1n) is 6.33. The smallest absolute Gasteiger partial charge is 0.275 e. The summed E-state index contributed by atoms with van der Waals surface area (Å²) in [7, 11) is 0. The summed E-state index contributed by atoms with van der Waals surface area (Å²) in [5, 5.41) is 5.26. The molecule has 0 radical (unpaired) electrons. The molecule has 0 aliphatic rings. The molecule has 0 fully saturated rings. The van der Waals surface area contributed by atoms with Crippen LogP contribution in [0.2, 0.25) is 0 Å². The highest BCUT2D eigenvalue weighted by Gasteiger charge is 2.13. The molecule has 2 rings (SSSR count). The molecule has 0 saturated carbocycles. The van der Waals surface area contributed by atoms with Gasteiger partial charge in [0.2, 0.25) is 0 Å². The number of nitrogens with one attached hydrogen (secondary N) is 1. The van der Waals surface area contributed by atoms with E-state index in [0.29, 0.717) is 30.3 Å². The van der Waals surface area contributed by atoms with Crippen LogP contribution in [-0.4, -0.2) is 17.5 Å². The van der Waals surface area contributed by atoms with Crippen molar-refractivity contribution in [2.45, 2.75) is 20.4 Å². The first-order chi connectivity index (χ1) is 9.63.